The van der Waals surface area contributed by atoms with E-state index in [2.05, 4.69) is 5.32 Å². The first-order chi connectivity index (χ1) is 9.50. The monoisotopic (exact) mass is 275 g/mol. The number of nitrogens with one attached hydrogen (secondary N) is 1. The molecule has 0 spiro atoms. The minimum absolute atomic E-state index is 0.0433. The Morgan fingerprint density at radius 1 is 1.35 bits per heavy atom. The van der Waals surface area contributed by atoms with E-state index in [1.807, 2.05) is 25.1 Å². The van der Waals surface area contributed by atoms with Crippen LogP contribution in [0.25, 0.3) is 0 Å². The third kappa shape index (κ3) is 2.99. The standard InChI is InChI=1S/C15H21N3O2/c1-11-5-4-6-12(9-11)14(19)18-8-7-16-10-13(18)15(20)17(2)3/h4-6,9,13,16H,7-8,10H2,1-3H3. The van der Waals surface area contributed by atoms with Gasteiger partial charge in [-0.2, -0.15) is 0 Å². The number of hydrogen-bond donors (Lipinski definition) is 1. The maximum Gasteiger partial charge on any atom is 0.254 e. The average Bonchev–Trinajstić information content (AvgIpc) is 2.45. The van der Waals surface area contributed by atoms with Crippen molar-refractivity contribution in [2.75, 3.05) is 33.7 Å². The molecular formula is C15H21N3O2. The molecule has 20 heavy (non-hydrogen) atoms. The van der Waals surface area contributed by atoms with Crippen LogP contribution in [0.4, 0.5) is 0 Å². The highest BCUT2D eigenvalue weighted by Crippen LogP contribution is 2.13. The zero-order valence-corrected chi connectivity index (χ0v) is 12.2. The lowest BCUT2D eigenvalue weighted by atomic mass is 10.1. The van der Waals surface area contributed by atoms with Crippen LogP contribution in [-0.4, -0.2) is 61.4 Å². The van der Waals surface area contributed by atoms with E-state index >= 15 is 0 Å². The largest absolute Gasteiger partial charge is 0.347 e. The predicted octanol–water partition coefficient (Wildman–Crippen LogP) is 0.497. The molecule has 0 radical (unpaired) electrons. The Bertz CT molecular complexity index is 514. The molecule has 1 aromatic rings. The van der Waals surface area contributed by atoms with E-state index in [-0.39, 0.29) is 11.8 Å². The minimum atomic E-state index is -0.424. The molecule has 0 bridgehead atoms. The highest BCUT2D eigenvalue weighted by atomic mass is 16.2. The second-order valence-electron chi connectivity index (χ2n) is 5.32. The number of aryl methyl sites for hydroxylation is 1. The Labute approximate surface area is 119 Å². The molecular weight excluding hydrogens is 254 g/mol. The van der Waals surface area contributed by atoms with E-state index in [1.54, 1.807) is 25.1 Å². The van der Waals surface area contributed by atoms with Gasteiger partial charge in [0.05, 0.1) is 0 Å². The van der Waals surface area contributed by atoms with Gasteiger partial charge in [0.15, 0.2) is 0 Å². The Kier molecular flexibility index (Phi) is 4.39. The normalized spacial score (nSPS) is 18.8. The number of nitrogens with zero attached hydrogens (tertiary/aromatic N) is 2. The summed E-state index contributed by atoms with van der Waals surface area (Å²) >= 11 is 0. The predicted molar refractivity (Wildman–Crippen MR) is 77.6 cm³/mol. The van der Waals surface area contributed by atoms with Gasteiger partial charge >= 0.3 is 0 Å². The summed E-state index contributed by atoms with van der Waals surface area (Å²) in [4.78, 5) is 28.0. The summed E-state index contributed by atoms with van der Waals surface area (Å²) in [6.07, 6.45) is 0. The second kappa shape index (κ2) is 6.05. The van der Waals surface area contributed by atoms with Gasteiger partial charge in [-0.25, -0.2) is 0 Å². The first-order valence-electron chi connectivity index (χ1n) is 6.80. The Morgan fingerprint density at radius 3 is 2.75 bits per heavy atom. The third-order valence-electron chi connectivity index (χ3n) is 3.50. The number of carbonyl (C=O) groups excluding carboxylic acids is 2. The van der Waals surface area contributed by atoms with E-state index < -0.39 is 6.04 Å². The number of carbonyl (C=O) groups is 2. The van der Waals surface area contributed by atoms with Crippen LogP contribution in [0.3, 0.4) is 0 Å². The molecule has 0 saturated carbocycles. The molecule has 2 rings (SSSR count). The van der Waals surface area contributed by atoms with Gasteiger partial charge in [-0.15, -0.1) is 0 Å². The summed E-state index contributed by atoms with van der Waals surface area (Å²) in [5.74, 6) is -0.117. The summed E-state index contributed by atoms with van der Waals surface area (Å²) in [5.41, 5.74) is 1.69. The lowest BCUT2D eigenvalue weighted by Crippen LogP contribution is -2.59. The van der Waals surface area contributed by atoms with Crippen LogP contribution in [0, 0.1) is 6.92 Å². The molecule has 1 heterocycles. The van der Waals surface area contributed by atoms with Crippen LogP contribution < -0.4 is 5.32 Å². The fraction of sp³-hybridized carbons (Fsp3) is 0.467. The SMILES string of the molecule is Cc1cccc(C(=O)N2CCNCC2C(=O)N(C)C)c1. The van der Waals surface area contributed by atoms with Gasteiger partial charge in [-0.3, -0.25) is 9.59 Å². The summed E-state index contributed by atoms with van der Waals surface area (Å²) in [6, 6.07) is 7.06. The van der Waals surface area contributed by atoms with E-state index in [0.29, 0.717) is 18.7 Å². The molecule has 1 atom stereocenters. The number of rotatable bonds is 2. The Morgan fingerprint density at radius 2 is 2.10 bits per heavy atom. The van der Waals surface area contributed by atoms with Gasteiger partial charge in [-0.05, 0) is 19.1 Å². The first-order valence-corrected chi connectivity index (χ1v) is 6.80. The molecule has 5 heteroatoms. The summed E-state index contributed by atoms with van der Waals surface area (Å²) in [5, 5.41) is 3.18. The molecule has 1 aliphatic rings. The number of piperazine rings is 1. The van der Waals surface area contributed by atoms with E-state index in [4.69, 9.17) is 0 Å². The zero-order chi connectivity index (χ0) is 14.7. The van der Waals surface area contributed by atoms with Crippen molar-refractivity contribution in [3.8, 4) is 0 Å². The quantitative estimate of drug-likeness (QED) is 0.855. The molecule has 108 valence electrons. The van der Waals surface area contributed by atoms with Gasteiger partial charge < -0.3 is 15.1 Å². The van der Waals surface area contributed by atoms with Crippen molar-refractivity contribution < 1.29 is 9.59 Å². The molecule has 1 saturated heterocycles. The summed E-state index contributed by atoms with van der Waals surface area (Å²) in [6.45, 7) is 3.73. The van der Waals surface area contributed by atoms with Crippen LogP contribution >= 0.6 is 0 Å². The lowest BCUT2D eigenvalue weighted by Gasteiger charge is -2.36. The van der Waals surface area contributed by atoms with Crippen LogP contribution in [-0.2, 0) is 4.79 Å². The number of amides is 2. The Balaban J connectivity index is 2.23. The van der Waals surface area contributed by atoms with E-state index in [9.17, 15) is 9.59 Å². The van der Waals surface area contributed by atoms with Crippen LogP contribution in [0.1, 0.15) is 15.9 Å². The van der Waals surface area contributed by atoms with Crippen molar-refractivity contribution in [3.05, 3.63) is 35.4 Å². The van der Waals surface area contributed by atoms with Crippen molar-refractivity contribution in [3.63, 3.8) is 0 Å². The molecule has 1 aromatic carbocycles. The molecule has 1 unspecified atom stereocenters. The zero-order valence-electron chi connectivity index (χ0n) is 12.2. The van der Waals surface area contributed by atoms with E-state index in [1.165, 1.54) is 4.90 Å². The smallest absolute Gasteiger partial charge is 0.254 e. The highest BCUT2D eigenvalue weighted by Gasteiger charge is 2.33. The highest BCUT2D eigenvalue weighted by molar-refractivity contribution is 5.97. The van der Waals surface area contributed by atoms with Gasteiger partial charge in [0, 0.05) is 39.3 Å². The van der Waals surface area contributed by atoms with Gasteiger partial charge in [0.1, 0.15) is 6.04 Å². The molecule has 0 aromatic heterocycles. The molecule has 5 nitrogen and oxygen atoms in total. The molecule has 1 fully saturated rings. The topological polar surface area (TPSA) is 52.7 Å². The molecule has 0 aliphatic carbocycles. The fourth-order valence-electron chi connectivity index (χ4n) is 2.41. The number of benzene rings is 1. The molecule has 1 N–H and O–H groups in total. The molecule has 1 aliphatic heterocycles. The van der Waals surface area contributed by atoms with Crippen molar-refractivity contribution in [1.29, 1.82) is 0 Å². The third-order valence-corrected chi connectivity index (χ3v) is 3.50. The van der Waals surface area contributed by atoms with Crippen molar-refractivity contribution in [2.24, 2.45) is 0 Å². The van der Waals surface area contributed by atoms with Gasteiger partial charge in [0.25, 0.3) is 5.91 Å². The maximum atomic E-state index is 12.6. The summed E-state index contributed by atoms with van der Waals surface area (Å²) in [7, 11) is 3.43. The average molecular weight is 275 g/mol. The Hall–Kier alpha value is -1.88. The van der Waals surface area contributed by atoms with Crippen molar-refractivity contribution in [2.45, 2.75) is 13.0 Å². The van der Waals surface area contributed by atoms with E-state index in [0.717, 1.165) is 12.1 Å². The maximum absolute atomic E-state index is 12.6. The first kappa shape index (κ1) is 14.5. The van der Waals surface area contributed by atoms with Crippen molar-refractivity contribution >= 4 is 11.8 Å². The molecule has 2 amide bonds. The fourth-order valence-corrected chi connectivity index (χ4v) is 2.41. The van der Waals surface area contributed by atoms with Crippen molar-refractivity contribution in [1.82, 2.24) is 15.1 Å². The second-order valence-corrected chi connectivity index (χ2v) is 5.32. The van der Waals surface area contributed by atoms with Crippen LogP contribution in [0.2, 0.25) is 0 Å². The summed E-state index contributed by atoms with van der Waals surface area (Å²) < 4.78 is 0. The lowest BCUT2D eigenvalue weighted by molar-refractivity contribution is -0.134. The number of likely N-dealkylation sites (N-methyl/N-ethyl adjacent to an activating group) is 1. The minimum Gasteiger partial charge on any atom is -0.347 e. The van der Waals surface area contributed by atoms with Gasteiger partial charge in [0.2, 0.25) is 5.91 Å². The van der Waals surface area contributed by atoms with Crippen LogP contribution in [0.15, 0.2) is 24.3 Å². The van der Waals surface area contributed by atoms with Crippen LogP contribution in [0.5, 0.6) is 0 Å². The number of hydrogen-bond acceptors (Lipinski definition) is 3. The van der Waals surface area contributed by atoms with Gasteiger partial charge in [-0.1, -0.05) is 17.7 Å².